The Labute approximate surface area is 162 Å². The van der Waals surface area contributed by atoms with Crippen molar-refractivity contribution in [2.45, 2.75) is 44.0 Å². The standard InChI is InChI=1S/C18H27N3O3S.ClH/c1-14-6-7-16(18(22)20-11-8-19-15(2)13-20)12-17(14)25(23,24)21-9-4-3-5-10-21;/h6-7,12,15,19H,3-5,8-11,13H2,1-2H3;1H. The van der Waals surface area contributed by atoms with E-state index < -0.39 is 10.0 Å². The maximum Gasteiger partial charge on any atom is 0.253 e. The summed E-state index contributed by atoms with van der Waals surface area (Å²) in [4.78, 5) is 14.9. The van der Waals surface area contributed by atoms with Gasteiger partial charge in [-0.2, -0.15) is 4.31 Å². The van der Waals surface area contributed by atoms with Gasteiger partial charge in [0.2, 0.25) is 10.0 Å². The molecule has 1 atom stereocenters. The first-order chi connectivity index (χ1) is 11.9. The molecule has 2 aliphatic rings. The third-order valence-electron chi connectivity index (χ3n) is 5.02. The summed E-state index contributed by atoms with van der Waals surface area (Å²) in [5.41, 5.74) is 1.14. The number of benzene rings is 1. The SMILES string of the molecule is Cc1ccc(C(=O)N2CCNC(C)C2)cc1S(=O)(=O)N1CCCCC1.Cl. The Balaban J connectivity index is 0.00000243. The second-order valence-electron chi connectivity index (χ2n) is 7.05. The van der Waals surface area contributed by atoms with E-state index in [4.69, 9.17) is 0 Å². The van der Waals surface area contributed by atoms with E-state index in [1.54, 1.807) is 34.3 Å². The zero-order valence-electron chi connectivity index (χ0n) is 15.4. The van der Waals surface area contributed by atoms with E-state index in [0.29, 0.717) is 37.3 Å². The fourth-order valence-electron chi connectivity index (χ4n) is 3.55. The highest BCUT2D eigenvalue weighted by Gasteiger charge is 2.29. The van der Waals surface area contributed by atoms with Gasteiger partial charge in [0.25, 0.3) is 5.91 Å². The first kappa shape index (κ1) is 21.2. The number of rotatable bonds is 3. The minimum atomic E-state index is -3.54. The molecule has 8 heteroatoms. The second kappa shape index (κ2) is 8.69. The van der Waals surface area contributed by atoms with Crippen molar-refractivity contribution >= 4 is 28.3 Å². The summed E-state index contributed by atoms with van der Waals surface area (Å²) < 4.78 is 27.6. The van der Waals surface area contributed by atoms with Gasteiger partial charge >= 0.3 is 0 Å². The first-order valence-corrected chi connectivity index (χ1v) is 10.5. The van der Waals surface area contributed by atoms with Crippen molar-refractivity contribution in [2.75, 3.05) is 32.7 Å². The number of nitrogens with zero attached hydrogens (tertiary/aromatic N) is 2. The smallest absolute Gasteiger partial charge is 0.253 e. The van der Waals surface area contributed by atoms with Crippen molar-refractivity contribution in [3.63, 3.8) is 0 Å². The molecule has 0 radical (unpaired) electrons. The first-order valence-electron chi connectivity index (χ1n) is 9.03. The molecule has 2 saturated heterocycles. The molecule has 0 bridgehead atoms. The maximum atomic E-state index is 13.0. The molecule has 2 heterocycles. The van der Waals surface area contributed by atoms with Gasteiger partial charge in [0, 0.05) is 44.3 Å². The van der Waals surface area contributed by atoms with Gasteiger partial charge in [-0.15, -0.1) is 12.4 Å². The highest BCUT2D eigenvalue weighted by Crippen LogP contribution is 2.25. The molecule has 1 aromatic carbocycles. The average molecular weight is 402 g/mol. The number of hydrogen-bond donors (Lipinski definition) is 1. The van der Waals surface area contributed by atoms with Crippen LogP contribution in [0.5, 0.6) is 0 Å². The van der Waals surface area contributed by atoms with Crippen molar-refractivity contribution in [1.82, 2.24) is 14.5 Å². The Hall–Kier alpha value is -1.15. The van der Waals surface area contributed by atoms with Crippen LogP contribution >= 0.6 is 12.4 Å². The van der Waals surface area contributed by atoms with E-state index in [0.717, 1.165) is 25.8 Å². The minimum Gasteiger partial charge on any atom is -0.336 e. The van der Waals surface area contributed by atoms with Crippen LogP contribution in [0.1, 0.15) is 42.1 Å². The lowest BCUT2D eigenvalue weighted by molar-refractivity contribution is 0.0709. The third kappa shape index (κ3) is 4.39. The van der Waals surface area contributed by atoms with E-state index >= 15 is 0 Å². The molecule has 1 N–H and O–H groups in total. The Kier molecular flexibility index (Phi) is 7.07. The van der Waals surface area contributed by atoms with Crippen molar-refractivity contribution in [3.05, 3.63) is 29.3 Å². The molecule has 2 fully saturated rings. The Bertz CT molecular complexity index is 748. The molecule has 1 amide bonds. The van der Waals surface area contributed by atoms with E-state index in [9.17, 15) is 13.2 Å². The zero-order chi connectivity index (χ0) is 18.0. The normalized spacial score (nSPS) is 21.9. The molecule has 2 aliphatic heterocycles. The van der Waals surface area contributed by atoms with Gasteiger partial charge in [0.1, 0.15) is 0 Å². The summed E-state index contributed by atoms with van der Waals surface area (Å²) in [5, 5.41) is 3.31. The molecule has 1 unspecified atom stereocenters. The van der Waals surface area contributed by atoms with Crippen molar-refractivity contribution < 1.29 is 13.2 Å². The molecule has 0 saturated carbocycles. The van der Waals surface area contributed by atoms with Crippen molar-refractivity contribution in [3.8, 4) is 0 Å². The summed E-state index contributed by atoms with van der Waals surface area (Å²) in [6.07, 6.45) is 2.87. The lowest BCUT2D eigenvalue weighted by atomic mass is 10.1. The van der Waals surface area contributed by atoms with Gasteiger partial charge in [-0.25, -0.2) is 8.42 Å². The van der Waals surface area contributed by atoms with Crippen molar-refractivity contribution in [1.29, 1.82) is 0 Å². The molecular formula is C18H28ClN3O3S. The number of piperazine rings is 1. The van der Waals surface area contributed by atoms with Gasteiger partial charge in [-0.05, 0) is 44.4 Å². The van der Waals surface area contributed by atoms with Crippen LogP contribution < -0.4 is 5.32 Å². The Morgan fingerprint density at radius 3 is 2.50 bits per heavy atom. The molecule has 3 rings (SSSR count). The van der Waals surface area contributed by atoms with E-state index in [2.05, 4.69) is 5.32 Å². The van der Waals surface area contributed by atoms with Crippen LogP contribution in [0.15, 0.2) is 23.1 Å². The number of piperidine rings is 1. The lowest BCUT2D eigenvalue weighted by Crippen LogP contribution is -2.51. The van der Waals surface area contributed by atoms with Gasteiger partial charge in [0.15, 0.2) is 0 Å². The highest BCUT2D eigenvalue weighted by atomic mass is 35.5. The van der Waals surface area contributed by atoms with E-state index in [1.165, 1.54) is 0 Å². The fraction of sp³-hybridized carbons (Fsp3) is 0.611. The number of amides is 1. The minimum absolute atomic E-state index is 0. The quantitative estimate of drug-likeness (QED) is 0.841. The van der Waals surface area contributed by atoms with Crippen LogP contribution in [0.4, 0.5) is 0 Å². The van der Waals surface area contributed by atoms with E-state index in [1.807, 2.05) is 6.92 Å². The van der Waals surface area contributed by atoms with Crippen LogP contribution in [0.2, 0.25) is 0 Å². The van der Waals surface area contributed by atoms with Gasteiger partial charge < -0.3 is 10.2 Å². The molecule has 1 aromatic rings. The molecule has 26 heavy (non-hydrogen) atoms. The monoisotopic (exact) mass is 401 g/mol. The molecule has 0 aliphatic carbocycles. The zero-order valence-corrected chi connectivity index (χ0v) is 17.0. The van der Waals surface area contributed by atoms with Gasteiger partial charge in [-0.3, -0.25) is 4.79 Å². The third-order valence-corrected chi connectivity index (χ3v) is 7.06. The number of aryl methyl sites for hydroxylation is 1. The number of sulfonamides is 1. The van der Waals surface area contributed by atoms with Crippen molar-refractivity contribution in [2.24, 2.45) is 0 Å². The largest absolute Gasteiger partial charge is 0.336 e. The number of carbonyl (C=O) groups excluding carboxylic acids is 1. The summed E-state index contributed by atoms with van der Waals surface area (Å²) in [7, 11) is -3.54. The van der Waals surface area contributed by atoms with Crippen LogP contribution in [-0.4, -0.2) is 62.3 Å². The molecule has 0 aromatic heterocycles. The Morgan fingerprint density at radius 1 is 1.15 bits per heavy atom. The molecular weight excluding hydrogens is 374 g/mol. The van der Waals surface area contributed by atoms with Gasteiger partial charge in [-0.1, -0.05) is 12.5 Å². The summed E-state index contributed by atoms with van der Waals surface area (Å²) in [6.45, 7) is 7.01. The summed E-state index contributed by atoms with van der Waals surface area (Å²) in [6, 6.07) is 5.29. The number of carbonyl (C=O) groups is 1. The maximum absolute atomic E-state index is 13.0. The molecule has 0 spiro atoms. The lowest BCUT2D eigenvalue weighted by Gasteiger charge is -2.32. The summed E-state index contributed by atoms with van der Waals surface area (Å²) >= 11 is 0. The molecule has 6 nitrogen and oxygen atoms in total. The number of hydrogen-bond acceptors (Lipinski definition) is 4. The number of halogens is 1. The second-order valence-corrected chi connectivity index (χ2v) is 8.96. The predicted octanol–water partition coefficient (Wildman–Crippen LogP) is 2.03. The average Bonchev–Trinajstić information content (AvgIpc) is 2.62. The van der Waals surface area contributed by atoms with Gasteiger partial charge in [0.05, 0.1) is 4.90 Å². The predicted molar refractivity (Wildman–Crippen MR) is 104 cm³/mol. The van der Waals surface area contributed by atoms with Crippen LogP contribution in [0.25, 0.3) is 0 Å². The highest BCUT2D eigenvalue weighted by molar-refractivity contribution is 7.89. The van der Waals surface area contributed by atoms with Crippen LogP contribution in [0, 0.1) is 6.92 Å². The van der Waals surface area contributed by atoms with Crippen LogP contribution in [0.3, 0.4) is 0 Å². The fourth-order valence-corrected chi connectivity index (χ4v) is 5.32. The topological polar surface area (TPSA) is 69.7 Å². The van der Waals surface area contributed by atoms with E-state index in [-0.39, 0.29) is 29.3 Å². The molecule has 146 valence electrons. The summed E-state index contributed by atoms with van der Waals surface area (Å²) in [5.74, 6) is -0.0940. The van der Waals surface area contributed by atoms with Crippen LogP contribution in [-0.2, 0) is 10.0 Å². The number of nitrogens with one attached hydrogen (secondary N) is 1. The Morgan fingerprint density at radius 2 is 1.85 bits per heavy atom.